The largest absolute Gasteiger partial charge is 0.502 e. The number of carbonyl (C=O) groups is 4. The second-order valence-corrected chi connectivity index (χ2v) is 15.0. The molecule has 0 bridgehead atoms. The topological polar surface area (TPSA) is 117 Å². The fraction of sp³-hybridized carbons (Fsp3) is 0.486. The number of carbonyl (C=O) groups excluding carboxylic acids is 4. The normalized spacial score (nSPS) is 32.2. The summed E-state index contributed by atoms with van der Waals surface area (Å²) in [4.78, 5) is 57.4. The van der Waals surface area contributed by atoms with Crippen LogP contribution in [0.2, 0.25) is 0 Å². The molecule has 3 saturated heterocycles. The predicted octanol–water partition coefficient (Wildman–Crippen LogP) is 4.79. The van der Waals surface area contributed by atoms with Crippen LogP contribution in [0.25, 0.3) is 0 Å². The maximum atomic E-state index is 14.5. The molecule has 254 valence electrons. The second-order valence-electron chi connectivity index (χ2n) is 13.3. The van der Waals surface area contributed by atoms with Gasteiger partial charge in [-0.3, -0.25) is 33.9 Å². The van der Waals surface area contributed by atoms with Crippen LogP contribution in [-0.2, 0) is 25.7 Å². The molecular formula is C35H36BrCl2N3O7. The van der Waals surface area contributed by atoms with Gasteiger partial charge in [-0.25, -0.2) is 0 Å². The van der Waals surface area contributed by atoms with Crippen LogP contribution < -0.4 is 9.47 Å². The quantitative estimate of drug-likeness (QED) is 0.186. The third kappa shape index (κ3) is 4.75. The van der Waals surface area contributed by atoms with Crippen molar-refractivity contribution in [2.75, 3.05) is 32.8 Å². The van der Waals surface area contributed by atoms with Crippen molar-refractivity contribution in [3.05, 3.63) is 65.2 Å². The summed E-state index contributed by atoms with van der Waals surface area (Å²) in [7, 11) is 2.77. The number of hydrogen-bond acceptors (Lipinski definition) is 8. The van der Waals surface area contributed by atoms with E-state index >= 15 is 0 Å². The van der Waals surface area contributed by atoms with Crippen molar-refractivity contribution in [2.45, 2.75) is 53.9 Å². The number of phenolic OH excluding ortho intramolecular Hbond substituents is 1. The van der Waals surface area contributed by atoms with Crippen LogP contribution in [0.5, 0.6) is 17.2 Å². The summed E-state index contributed by atoms with van der Waals surface area (Å²) in [6, 6.07) is 13.1. The van der Waals surface area contributed by atoms with Crippen LogP contribution in [0.4, 0.5) is 0 Å². The van der Waals surface area contributed by atoms with Crippen LogP contribution >= 0.6 is 39.1 Å². The molecule has 6 atom stereocenters. The Kier molecular flexibility index (Phi) is 8.58. The Morgan fingerprint density at radius 3 is 2.19 bits per heavy atom. The van der Waals surface area contributed by atoms with Gasteiger partial charge in [-0.2, -0.15) is 0 Å². The number of benzene rings is 2. The molecule has 1 N–H and O–H groups in total. The number of phenols is 1. The molecule has 2 aromatic rings. The van der Waals surface area contributed by atoms with Gasteiger partial charge in [0.1, 0.15) is 0 Å². The lowest BCUT2D eigenvalue weighted by molar-refractivity contribution is -0.144. The Balaban J connectivity index is 1.25. The zero-order valence-corrected chi connectivity index (χ0v) is 29.6. The number of fused-ring (bicyclic) bond motifs is 4. The van der Waals surface area contributed by atoms with Crippen LogP contribution in [-0.4, -0.2) is 92.0 Å². The summed E-state index contributed by atoms with van der Waals surface area (Å²) < 4.78 is 10.9. The Hall–Kier alpha value is -3.12. The smallest absolute Gasteiger partial charge is 0.254 e. The first-order chi connectivity index (χ1) is 23.0. The van der Waals surface area contributed by atoms with E-state index in [0.29, 0.717) is 24.0 Å². The Bertz CT molecular complexity index is 1690. The molecular weight excluding hydrogens is 725 g/mol. The van der Waals surface area contributed by atoms with Crippen molar-refractivity contribution in [1.29, 1.82) is 0 Å². The van der Waals surface area contributed by atoms with Crippen molar-refractivity contribution in [1.82, 2.24) is 14.7 Å². The van der Waals surface area contributed by atoms with Gasteiger partial charge in [0.25, 0.3) is 11.8 Å². The molecule has 10 nitrogen and oxygen atoms in total. The predicted molar refractivity (Wildman–Crippen MR) is 181 cm³/mol. The lowest BCUT2D eigenvalue weighted by Crippen LogP contribution is -2.60. The highest BCUT2D eigenvalue weighted by Crippen LogP contribution is 2.66. The van der Waals surface area contributed by atoms with E-state index in [1.165, 1.54) is 24.7 Å². The number of likely N-dealkylation sites (tertiary alicyclic amines) is 3. The summed E-state index contributed by atoms with van der Waals surface area (Å²) in [5, 5.41) is 10.7. The van der Waals surface area contributed by atoms with Crippen molar-refractivity contribution >= 4 is 62.8 Å². The van der Waals surface area contributed by atoms with Gasteiger partial charge < -0.3 is 14.6 Å². The minimum Gasteiger partial charge on any atom is -0.502 e. The molecule has 4 fully saturated rings. The van der Waals surface area contributed by atoms with E-state index in [1.54, 1.807) is 12.1 Å². The summed E-state index contributed by atoms with van der Waals surface area (Å²) in [6.07, 6.45) is 3.42. The molecule has 3 aliphatic heterocycles. The van der Waals surface area contributed by atoms with Gasteiger partial charge in [-0.1, -0.05) is 57.9 Å². The van der Waals surface area contributed by atoms with E-state index in [2.05, 4.69) is 33.0 Å². The average Bonchev–Trinajstić information content (AvgIpc) is 3.43. The number of amides is 4. The van der Waals surface area contributed by atoms with Gasteiger partial charge in [0.2, 0.25) is 17.6 Å². The summed E-state index contributed by atoms with van der Waals surface area (Å²) in [6.45, 7) is 2.31. The van der Waals surface area contributed by atoms with Crippen LogP contribution in [0.15, 0.2) is 54.1 Å². The number of nitrogens with zero attached hydrogens (tertiary/aromatic N) is 3. The Labute approximate surface area is 297 Å². The second kappa shape index (κ2) is 12.3. The summed E-state index contributed by atoms with van der Waals surface area (Å²) in [5.41, 5.74) is 2.18. The zero-order valence-electron chi connectivity index (χ0n) is 26.5. The summed E-state index contributed by atoms with van der Waals surface area (Å²) >= 11 is 18.0. The first-order valence-corrected chi connectivity index (χ1v) is 18.0. The number of halogens is 3. The van der Waals surface area contributed by atoms with E-state index in [-0.39, 0.29) is 53.4 Å². The van der Waals surface area contributed by atoms with E-state index in [0.717, 1.165) is 24.5 Å². The molecule has 2 aromatic carbocycles. The third-order valence-corrected chi connectivity index (χ3v) is 13.0. The fourth-order valence-electron chi connectivity index (χ4n) is 8.77. The number of allylic oxidation sites excluding steroid dienone is 2. The van der Waals surface area contributed by atoms with Gasteiger partial charge in [-0.15, -0.1) is 23.2 Å². The Morgan fingerprint density at radius 1 is 0.938 bits per heavy atom. The number of rotatable bonds is 7. The van der Waals surface area contributed by atoms with Crippen LogP contribution in [0.1, 0.15) is 42.7 Å². The molecule has 48 heavy (non-hydrogen) atoms. The summed E-state index contributed by atoms with van der Waals surface area (Å²) in [5.74, 6) is -4.91. The molecule has 0 aromatic heterocycles. The zero-order chi connectivity index (χ0) is 34.1. The van der Waals surface area contributed by atoms with E-state index in [1.807, 2.05) is 24.3 Å². The number of ether oxygens (including phenoxy) is 2. The molecule has 6 unspecified atom stereocenters. The highest BCUT2D eigenvalue weighted by atomic mass is 79.9. The molecule has 0 radical (unpaired) electrons. The highest BCUT2D eigenvalue weighted by Gasteiger charge is 2.76. The molecule has 1 saturated carbocycles. The number of imide groups is 2. The number of hydrogen-bond donors (Lipinski definition) is 1. The van der Waals surface area contributed by atoms with Crippen molar-refractivity contribution in [3.8, 4) is 17.2 Å². The monoisotopic (exact) mass is 759 g/mol. The van der Waals surface area contributed by atoms with Crippen LogP contribution in [0, 0.1) is 17.8 Å². The van der Waals surface area contributed by atoms with E-state index in [4.69, 9.17) is 32.7 Å². The van der Waals surface area contributed by atoms with Crippen LogP contribution in [0.3, 0.4) is 0 Å². The molecule has 0 spiro atoms. The van der Waals surface area contributed by atoms with Gasteiger partial charge >= 0.3 is 0 Å². The molecule has 7 rings (SSSR count). The number of aromatic hydroxyl groups is 1. The minimum atomic E-state index is -1.97. The number of piperidine rings is 1. The van der Waals surface area contributed by atoms with E-state index in [9.17, 15) is 24.3 Å². The standard InChI is InChI=1S/C35H36BrCl2N3O7/c1-47-25-14-20(15-26(48-2)29(25)42)28-22-8-9-23-27(24(22)16-34(37)32(45)40(18-36)33(46)35(28,34)38)31(44)41(30(23)43)21-10-12-39(13-11-21)17-19-6-4-3-5-7-19/h3-8,14-15,21,23-24,27-28,42H,9-13,16-18H2,1-2H3. The third-order valence-electron chi connectivity index (χ3n) is 11.1. The maximum absolute atomic E-state index is 14.5. The van der Waals surface area contributed by atoms with Gasteiger partial charge in [0, 0.05) is 31.6 Å². The van der Waals surface area contributed by atoms with Gasteiger partial charge in [0.05, 0.1) is 31.5 Å². The molecule has 3 heterocycles. The Morgan fingerprint density at radius 2 is 1.58 bits per heavy atom. The molecule has 2 aliphatic carbocycles. The van der Waals surface area contributed by atoms with Crippen molar-refractivity contribution < 1.29 is 33.8 Å². The van der Waals surface area contributed by atoms with Crippen molar-refractivity contribution in [2.24, 2.45) is 17.8 Å². The number of methoxy groups -OCH3 is 2. The maximum Gasteiger partial charge on any atom is 0.254 e. The molecule has 4 amide bonds. The first kappa shape index (κ1) is 33.4. The van der Waals surface area contributed by atoms with E-state index < -0.39 is 45.2 Å². The highest BCUT2D eigenvalue weighted by molar-refractivity contribution is 9.09. The van der Waals surface area contributed by atoms with Crippen molar-refractivity contribution in [3.63, 3.8) is 0 Å². The lowest BCUT2D eigenvalue weighted by Gasteiger charge is -2.50. The number of alkyl halides is 3. The minimum absolute atomic E-state index is 0.0761. The SMILES string of the molecule is COc1cc(C2C3=CCC4C(=O)N(C5CCN(Cc6ccccc6)CC5)C(=O)C4C3CC3(Cl)C(=O)N(CBr)C(=O)C23Cl)cc(OC)c1O. The average molecular weight is 761 g/mol. The van der Waals surface area contributed by atoms with Gasteiger partial charge in [-0.05, 0) is 54.9 Å². The fourth-order valence-corrected chi connectivity index (χ4v) is 10.2. The molecule has 13 heteroatoms. The lowest BCUT2D eigenvalue weighted by atomic mass is 9.56. The first-order valence-electron chi connectivity index (χ1n) is 16.1. The molecule has 5 aliphatic rings. The van der Waals surface area contributed by atoms with Gasteiger partial charge in [0.15, 0.2) is 21.2 Å².